The number of carbonyl (C=O) groups is 2. The average molecular weight is 414 g/mol. The number of nitrogens with zero attached hydrogens (tertiary/aromatic N) is 1. The number of benzene rings is 2. The fraction of sp³-hybridized carbons (Fsp3) is 0.333. The second kappa shape index (κ2) is 7.87. The molecule has 1 N–H and O–H groups in total. The lowest BCUT2D eigenvalue weighted by atomic mass is 10.1. The van der Waals surface area contributed by atoms with Gasteiger partial charge >= 0.3 is 0 Å². The first-order valence-electron chi connectivity index (χ1n) is 9.18. The monoisotopic (exact) mass is 414 g/mol. The number of thioether (sulfide) groups is 1. The molecule has 2 aromatic carbocycles. The van der Waals surface area contributed by atoms with Gasteiger partial charge in [0.05, 0.1) is 26.9 Å². The minimum atomic E-state index is -0.536. The summed E-state index contributed by atoms with van der Waals surface area (Å²) in [7, 11) is 4.65. The largest absolute Gasteiger partial charge is 0.497 e. The highest BCUT2D eigenvalue weighted by molar-refractivity contribution is 7.99. The first-order chi connectivity index (χ1) is 14.1. The smallest absolute Gasteiger partial charge is 0.260 e. The number of rotatable bonds is 6. The predicted molar refractivity (Wildman–Crippen MR) is 110 cm³/mol. The van der Waals surface area contributed by atoms with Crippen LogP contribution in [-0.2, 0) is 11.3 Å². The van der Waals surface area contributed by atoms with Gasteiger partial charge in [-0.15, -0.1) is 11.8 Å². The fourth-order valence-electron chi connectivity index (χ4n) is 3.78. The van der Waals surface area contributed by atoms with Crippen LogP contribution >= 0.6 is 11.8 Å². The lowest BCUT2D eigenvalue weighted by molar-refractivity contribution is -0.124. The van der Waals surface area contributed by atoms with Crippen LogP contribution in [0.1, 0.15) is 26.9 Å². The Morgan fingerprint density at radius 1 is 1.17 bits per heavy atom. The van der Waals surface area contributed by atoms with Gasteiger partial charge in [0, 0.05) is 17.9 Å². The van der Waals surface area contributed by atoms with Gasteiger partial charge in [-0.1, -0.05) is 18.2 Å². The normalized spacial score (nSPS) is 19.6. The van der Waals surface area contributed by atoms with Crippen molar-refractivity contribution < 1.29 is 23.8 Å². The number of hydrogen-bond donors (Lipinski definition) is 1. The van der Waals surface area contributed by atoms with Crippen molar-refractivity contribution in [1.29, 1.82) is 0 Å². The van der Waals surface area contributed by atoms with Gasteiger partial charge in [0.25, 0.3) is 5.91 Å². The van der Waals surface area contributed by atoms with Crippen LogP contribution in [0.3, 0.4) is 0 Å². The Bertz CT molecular complexity index is 964. The number of methoxy groups -OCH3 is 3. The van der Waals surface area contributed by atoms with Crippen molar-refractivity contribution in [3.05, 3.63) is 53.1 Å². The van der Waals surface area contributed by atoms with E-state index in [0.29, 0.717) is 29.4 Å². The third-order valence-electron chi connectivity index (χ3n) is 5.20. The number of amides is 2. The van der Waals surface area contributed by atoms with E-state index in [1.54, 1.807) is 29.8 Å². The summed E-state index contributed by atoms with van der Waals surface area (Å²) in [6.45, 7) is 0.369. The summed E-state index contributed by atoms with van der Waals surface area (Å²) in [5, 5.41) is 2.76. The van der Waals surface area contributed by atoms with Gasteiger partial charge in [-0.2, -0.15) is 0 Å². The van der Waals surface area contributed by atoms with Crippen LogP contribution in [-0.4, -0.2) is 49.8 Å². The Morgan fingerprint density at radius 3 is 2.72 bits per heavy atom. The summed E-state index contributed by atoms with van der Waals surface area (Å²) >= 11 is 1.58. The van der Waals surface area contributed by atoms with E-state index >= 15 is 0 Å². The Balaban J connectivity index is 1.53. The topological polar surface area (TPSA) is 77.1 Å². The van der Waals surface area contributed by atoms with E-state index in [9.17, 15) is 9.59 Å². The maximum absolute atomic E-state index is 13.2. The van der Waals surface area contributed by atoms with Crippen molar-refractivity contribution in [2.75, 3.05) is 27.1 Å². The third kappa shape index (κ3) is 3.27. The summed E-state index contributed by atoms with van der Waals surface area (Å²) in [5.41, 5.74) is 2.28. The predicted octanol–water partition coefficient (Wildman–Crippen LogP) is 2.60. The maximum atomic E-state index is 13.2. The molecule has 2 atom stereocenters. The van der Waals surface area contributed by atoms with Crippen molar-refractivity contribution in [2.24, 2.45) is 0 Å². The molecule has 0 radical (unpaired) electrons. The SMILES string of the molecule is COc1cccc(CNC(=O)[C@@H]2CS[C@@H]3c4ccc(OC)c(OC)c4C(=O)N32)c1. The van der Waals surface area contributed by atoms with E-state index in [4.69, 9.17) is 14.2 Å². The maximum Gasteiger partial charge on any atom is 0.260 e. The molecule has 0 bridgehead atoms. The number of nitrogens with one attached hydrogen (secondary N) is 1. The molecule has 1 saturated heterocycles. The second-order valence-electron chi connectivity index (χ2n) is 6.75. The molecule has 1 fully saturated rings. The Labute approximate surface area is 173 Å². The molecule has 0 saturated carbocycles. The molecule has 2 amide bonds. The van der Waals surface area contributed by atoms with E-state index in [1.165, 1.54) is 14.2 Å². The zero-order valence-corrected chi connectivity index (χ0v) is 17.2. The highest BCUT2D eigenvalue weighted by Crippen LogP contribution is 2.52. The lowest BCUT2D eigenvalue weighted by Gasteiger charge is -2.22. The van der Waals surface area contributed by atoms with E-state index < -0.39 is 6.04 Å². The second-order valence-corrected chi connectivity index (χ2v) is 7.86. The zero-order chi connectivity index (χ0) is 20.5. The molecule has 0 aromatic heterocycles. The van der Waals surface area contributed by atoms with Gasteiger partial charge in [-0.3, -0.25) is 9.59 Å². The molecular weight excluding hydrogens is 392 g/mol. The van der Waals surface area contributed by atoms with Crippen LogP contribution in [0.15, 0.2) is 36.4 Å². The standard InChI is InChI=1S/C21H22N2O5S/c1-26-13-6-4-5-12(9-13)10-22-19(24)15-11-29-21-14-7-8-16(27-2)18(28-3)17(14)20(25)23(15)21/h4-9,15,21H,10-11H2,1-3H3,(H,22,24)/t15-,21+/m0/s1. The lowest BCUT2D eigenvalue weighted by Crippen LogP contribution is -2.45. The van der Waals surface area contributed by atoms with Crippen molar-refractivity contribution in [1.82, 2.24) is 10.2 Å². The quantitative estimate of drug-likeness (QED) is 0.783. The minimum absolute atomic E-state index is 0.171. The average Bonchev–Trinajstić information content (AvgIpc) is 3.31. The molecule has 2 heterocycles. The van der Waals surface area contributed by atoms with Crippen molar-refractivity contribution in [3.63, 3.8) is 0 Å². The van der Waals surface area contributed by atoms with E-state index in [2.05, 4.69) is 5.32 Å². The van der Waals surface area contributed by atoms with Crippen LogP contribution in [0.25, 0.3) is 0 Å². The van der Waals surface area contributed by atoms with Gasteiger partial charge in [-0.05, 0) is 23.8 Å². The molecule has 7 nitrogen and oxygen atoms in total. The fourth-order valence-corrected chi connectivity index (χ4v) is 5.24. The number of carbonyl (C=O) groups excluding carboxylic acids is 2. The number of hydrogen-bond acceptors (Lipinski definition) is 6. The molecule has 152 valence electrons. The van der Waals surface area contributed by atoms with Crippen LogP contribution in [0.5, 0.6) is 17.2 Å². The summed E-state index contributed by atoms with van der Waals surface area (Å²) in [6.07, 6.45) is 0. The highest BCUT2D eigenvalue weighted by atomic mass is 32.2. The molecule has 2 aliphatic heterocycles. The molecule has 0 aliphatic carbocycles. The molecule has 29 heavy (non-hydrogen) atoms. The number of fused-ring (bicyclic) bond motifs is 3. The van der Waals surface area contributed by atoms with Crippen molar-refractivity contribution >= 4 is 23.6 Å². The first kappa shape index (κ1) is 19.4. The van der Waals surface area contributed by atoms with Crippen LogP contribution < -0.4 is 19.5 Å². The molecule has 0 unspecified atom stereocenters. The van der Waals surface area contributed by atoms with Gasteiger partial charge in [0.1, 0.15) is 17.2 Å². The summed E-state index contributed by atoms with van der Waals surface area (Å²) in [5.74, 6) is 1.83. The van der Waals surface area contributed by atoms with Crippen molar-refractivity contribution in [3.8, 4) is 17.2 Å². The molecule has 0 spiro atoms. The first-order valence-corrected chi connectivity index (χ1v) is 10.2. The molecule has 8 heteroatoms. The van der Waals surface area contributed by atoms with Crippen LogP contribution in [0.4, 0.5) is 0 Å². The molecule has 2 aliphatic rings. The number of ether oxygens (including phenoxy) is 3. The molecule has 2 aromatic rings. The van der Waals surface area contributed by atoms with Gasteiger partial charge in [0.2, 0.25) is 5.91 Å². The van der Waals surface area contributed by atoms with Gasteiger partial charge in [0.15, 0.2) is 11.5 Å². The van der Waals surface area contributed by atoms with Gasteiger partial charge < -0.3 is 24.4 Å². The van der Waals surface area contributed by atoms with Crippen LogP contribution in [0, 0.1) is 0 Å². The molecular formula is C21H22N2O5S. The summed E-state index contributed by atoms with van der Waals surface area (Å²) in [4.78, 5) is 27.7. The van der Waals surface area contributed by atoms with Gasteiger partial charge in [-0.25, -0.2) is 0 Å². The van der Waals surface area contributed by atoms with E-state index in [-0.39, 0.29) is 17.2 Å². The van der Waals surface area contributed by atoms with E-state index in [0.717, 1.165) is 16.9 Å². The van der Waals surface area contributed by atoms with Crippen LogP contribution in [0.2, 0.25) is 0 Å². The Hall–Kier alpha value is -2.87. The summed E-state index contributed by atoms with van der Waals surface area (Å²) in [6, 6.07) is 10.7. The highest BCUT2D eigenvalue weighted by Gasteiger charge is 2.50. The summed E-state index contributed by atoms with van der Waals surface area (Å²) < 4.78 is 16.0. The molecule has 4 rings (SSSR count). The Kier molecular flexibility index (Phi) is 5.27. The Morgan fingerprint density at radius 2 is 2.00 bits per heavy atom. The minimum Gasteiger partial charge on any atom is -0.497 e. The van der Waals surface area contributed by atoms with E-state index in [1.807, 2.05) is 30.3 Å². The van der Waals surface area contributed by atoms with Crippen molar-refractivity contribution in [2.45, 2.75) is 18.0 Å². The third-order valence-corrected chi connectivity index (χ3v) is 6.50. The zero-order valence-electron chi connectivity index (χ0n) is 16.4.